The third kappa shape index (κ3) is 3.37. The molecule has 106 valence electrons. The summed E-state index contributed by atoms with van der Waals surface area (Å²) < 4.78 is 5.57. The number of ether oxygens (including phenoxy) is 1. The molecular formula is C15H24N2OS. The second-order valence-electron chi connectivity index (χ2n) is 4.77. The Morgan fingerprint density at radius 1 is 1.37 bits per heavy atom. The summed E-state index contributed by atoms with van der Waals surface area (Å²) in [6.45, 7) is 7.58. The quantitative estimate of drug-likeness (QED) is 0.896. The molecule has 1 aromatic rings. The number of anilines is 1. The Hall–Kier alpha value is -0.870. The van der Waals surface area contributed by atoms with Crippen LogP contribution in [0.4, 0.5) is 5.69 Å². The van der Waals surface area contributed by atoms with Gasteiger partial charge in [0.2, 0.25) is 0 Å². The van der Waals surface area contributed by atoms with E-state index in [0.717, 1.165) is 25.4 Å². The molecule has 1 aliphatic rings. The number of methoxy groups -OCH3 is 1. The van der Waals surface area contributed by atoms with E-state index in [1.165, 1.54) is 22.8 Å². The number of hydrogen-bond acceptors (Lipinski definition) is 4. The fraction of sp³-hybridized carbons (Fsp3) is 0.600. The van der Waals surface area contributed by atoms with Crippen LogP contribution in [0.2, 0.25) is 0 Å². The Balaban J connectivity index is 2.34. The highest BCUT2D eigenvalue weighted by Crippen LogP contribution is 2.35. The van der Waals surface area contributed by atoms with Gasteiger partial charge in [-0.2, -0.15) is 11.8 Å². The molecule has 0 aliphatic carbocycles. The summed E-state index contributed by atoms with van der Waals surface area (Å²) >= 11 is 2.04. The normalized spacial score (nSPS) is 17.3. The Morgan fingerprint density at radius 2 is 2.11 bits per heavy atom. The SMILES string of the molecule is CCNC(C)c1c(OC)cccc1N1CCSCC1. The summed E-state index contributed by atoms with van der Waals surface area (Å²) in [5.74, 6) is 3.42. The van der Waals surface area contributed by atoms with Crippen molar-refractivity contribution in [1.29, 1.82) is 0 Å². The summed E-state index contributed by atoms with van der Waals surface area (Å²) in [4.78, 5) is 2.49. The van der Waals surface area contributed by atoms with Gasteiger partial charge in [0.15, 0.2) is 0 Å². The third-order valence-corrected chi connectivity index (χ3v) is 4.50. The Morgan fingerprint density at radius 3 is 2.74 bits per heavy atom. The summed E-state index contributed by atoms with van der Waals surface area (Å²) in [6.07, 6.45) is 0. The van der Waals surface area contributed by atoms with Gasteiger partial charge in [0.25, 0.3) is 0 Å². The predicted octanol–water partition coefficient (Wildman–Crippen LogP) is 2.92. The van der Waals surface area contributed by atoms with Gasteiger partial charge in [0.05, 0.1) is 7.11 Å². The van der Waals surface area contributed by atoms with Crippen LogP contribution in [0.3, 0.4) is 0 Å². The van der Waals surface area contributed by atoms with Gasteiger partial charge in [-0.15, -0.1) is 0 Å². The molecule has 0 bridgehead atoms. The molecule has 1 heterocycles. The minimum atomic E-state index is 0.311. The van der Waals surface area contributed by atoms with Gasteiger partial charge in [0, 0.05) is 41.9 Å². The van der Waals surface area contributed by atoms with Crippen LogP contribution in [0.25, 0.3) is 0 Å². The van der Waals surface area contributed by atoms with Crippen LogP contribution >= 0.6 is 11.8 Å². The number of hydrogen-bond donors (Lipinski definition) is 1. The molecule has 1 aliphatic heterocycles. The fourth-order valence-corrected chi connectivity index (χ4v) is 3.54. The molecule has 1 N–H and O–H groups in total. The molecule has 19 heavy (non-hydrogen) atoms. The molecule has 1 aromatic carbocycles. The highest BCUT2D eigenvalue weighted by atomic mass is 32.2. The number of benzene rings is 1. The van der Waals surface area contributed by atoms with Crippen molar-refractivity contribution in [3.63, 3.8) is 0 Å². The van der Waals surface area contributed by atoms with E-state index < -0.39 is 0 Å². The van der Waals surface area contributed by atoms with Crippen LogP contribution in [-0.4, -0.2) is 38.2 Å². The van der Waals surface area contributed by atoms with Gasteiger partial charge < -0.3 is 15.0 Å². The van der Waals surface area contributed by atoms with E-state index >= 15 is 0 Å². The van der Waals surface area contributed by atoms with Gasteiger partial charge in [-0.3, -0.25) is 0 Å². The van der Waals surface area contributed by atoms with Gasteiger partial charge >= 0.3 is 0 Å². The first-order valence-corrected chi connectivity index (χ1v) is 8.16. The zero-order valence-corrected chi connectivity index (χ0v) is 12.9. The van der Waals surface area contributed by atoms with Crippen molar-refractivity contribution in [3.05, 3.63) is 23.8 Å². The van der Waals surface area contributed by atoms with Crippen molar-refractivity contribution < 1.29 is 4.74 Å². The van der Waals surface area contributed by atoms with Gasteiger partial charge in [-0.1, -0.05) is 13.0 Å². The molecule has 1 saturated heterocycles. The lowest BCUT2D eigenvalue weighted by atomic mass is 10.0. The predicted molar refractivity (Wildman–Crippen MR) is 84.6 cm³/mol. The second kappa shape index (κ2) is 7.06. The highest BCUT2D eigenvalue weighted by Gasteiger charge is 2.20. The maximum Gasteiger partial charge on any atom is 0.125 e. The largest absolute Gasteiger partial charge is 0.496 e. The lowest BCUT2D eigenvalue weighted by molar-refractivity contribution is 0.402. The third-order valence-electron chi connectivity index (χ3n) is 3.56. The lowest BCUT2D eigenvalue weighted by Crippen LogP contribution is -2.34. The maximum absolute atomic E-state index is 5.57. The minimum Gasteiger partial charge on any atom is -0.496 e. The van der Waals surface area contributed by atoms with Crippen LogP contribution < -0.4 is 15.0 Å². The zero-order valence-electron chi connectivity index (χ0n) is 12.1. The molecular weight excluding hydrogens is 256 g/mol. The smallest absolute Gasteiger partial charge is 0.125 e. The number of nitrogens with one attached hydrogen (secondary N) is 1. The molecule has 1 fully saturated rings. The number of rotatable bonds is 5. The van der Waals surface area contributed by atoms with Crippen LogP contribution in [0.15, 0.2) is 18.2 Å². The molecule has 4 heteroatoms. The molecule has 0 radical (unpaired) electrons. The second-order valence-corrected chi connectivity index (χ2v) is 6.00. The summed E-state index contributed by atoms with van der Waals surface area (Å²) in [5.41, 5.74) is 2.62. The summed E-state index contributed by atoms with van der Waals surface area (Å²) in [7, 11) is 1.76. The molecule has 2 rings (SSSR count). The van der Waals surface area contributed by atoms with Gasteiger partial charge in [0.1, 0.15) is 5.75 Å². The molecule has 0 amide bonds. The minimum absolute atomic E-state index is 0.311. The first kappa shape index (κ1) is 14.5. The van der Waals surface area contributed by atoms with E-state index in [2.05, 4.69) is 42.3 Å². The van der Waals surface area contributed by atoms with Crippen molar-refractivity contribution >= 4 is 17.4 Å². The Kier molecular flexibility index (Phi) is 5.40. The van der Waals surface area contributed by atoms with Crippen LogP contribution in [-0.2, 0) is 0 Å². The average Bonchev–Trinajstić information content (AvgIpc) is 2.47. The van der Waals surface area contributed by atoms with Crippen molar-refractivity contribution in [3.8, 4) is 5.75 Å². The molecule has 1 atom stereocenters. The fourth-order valence-electron chi connectivity index (χ4n) is 2.63. The maximum atomic E-state index is 5.57. The van der Waals surface area contributed by atoms with E-state index in [4.69, 9.17) is 4.74 Å². The van der Waals surface area contributed by atoms with Crippen molar-refractivity contribution in [2.24, 2.45) is 0 Å². The molecule has 0 saturated carbocycles. The van der Waals surface area contributed by atoms with E-state index in [1.54, 1.807) is 7.11 Å². The van der Waals surface area contributed by atoms with Crippen LogP contribution in [0, 0.1) is 0 Å². The van der Waals surface area contributed by atoms with Crippen molar-refractivity contribution in [2.45, 2.75) is 19.9 Å². The molecule has 0 aromatic heterocycles. The number of nitrogens with zero attached hydrogens (tertiary/aromatic N) is 1. The van der Waals surface area contributed by atoms with Gasteiger partial charge in [-0.25, -0.2) is 0 Å². The first-order valence-electron chi connectivity index (χ1n) is 7.01. The highest BCUT2D eigenvalue weighted by molar-refractivity contribution is 7.99. The standard InChI is InChI=1S/C15H24N2OS/c1-4-16-12(2)15-13(6-5-7-14(15)18-3)17-8-10-19-11-9-17/h5-7,12,16H,4,8-11H2,1-3H3. The van der Waals surface area contributed by atoms with Crippen molar-refractivity contribution in [1.82, 2.24) is 5.32 Å². The van der Waals surface area contributed by atoms with E-state index in [0.29, 0.717) is 6.04 Å². The zero-order chi connectivity index (χ0) is 13.7. The van der Waals surface area contributed by atoms with E-state index in [-0.39, 0.29) is 0 Å². The van der Waals surface area contributed by atoms with Crippen molar-refractivity contribution in [2.75, 3.05) is 43.1 Å². The molecule has 3 nitrogen and oxygen atoms in total. The number of thioether (sulfide) groups is 1. The summed E-state index contributed by atoms with van der Waals surface area (Å²) in [6, 6.07) is 6.69. The van der Waals surface area contributed by atoms with Crippen LogP contribution in [0.5, 0.6) is 5.75 Å². The Bertz CT molecular complexity index is 405. The van der Waals surface area contributed by atoms with Crippen LogP contribution in [0.1, 0.15) is 25.5 Å². The lowest BCUT2D eigenvalue weighted by Gasteiger charge is -2.32. The monoisotopic (exact) mass is 280 g/mol. The topological polar surface area (TPSA) is 24.5 Å². The van der Waals surface area contributed by atoms with E-state index in [1.807, 2.05) is 11.8 Å². The van der Waals surface area contributed by atoms with E-state index in [9.17, 15) is 0 Å². The Labute approximate surface area is 120 Å². The molecule has 1 unspecified atom stereocenters. The molecule has 0 spiro atoms. The van der Waals surface area contributed by atoms with Gasteiger partial charge in [-0.05, 0) is 25.6 Å². The summed E-state index contributed by atoms with van der Waals surface area (Å²) in [5, 5.41) is 3.50. The first-order chi connectivity index (χ1) is 9.27. The average molecular weight is 280 g/mol.